The second kappa shape index (κ2) is 4.42. The lowest BCUT2D eigenvalue weighted by Gasteiger charge is -2.36. The second-order valence-corrected chi connectivity index (χ2v) is 3.59. The third kappa shape index (κ3) is 1.87. The highest BCUT2D eigenvalue weighted by Crippen LogP contribution is 2.23. The first-order valence-electron chi connectivity index (χ1n) is 5.11. The van der Waals surface area contributed by atoms with Crippen LogP contribution in [-0.2, 0) is 4.74 Å². The van der Waals surface area contributed by atoms with Gasteiger partial charge in [-0.1, -0.05) is 0 Å². The highest BCUT2D eigenvalue weighted by Gasteiger charge is 2.21. The molecule has 1 aromatic heterocycles. The Morgan fingerprint density at radius 1 is 1.50 bits per heavy atom. The third-order valence-corrected chi connectivity index (χ3v) is 2.70. The number of methoxy groups -OCH3 is 1. The largest absolute Gasteiger partial charge is 0.362 e. The highest BCUT2D eigenvalue weighted by molar-refractivity contribution is 5.44. The standard InChI is InChI=1S/C11H16N2O/c1-14-11-6-2-3-8-13(11)10-5-4-7-12-9-10/h4-5,7,9,11H,2-3,6,8H2,1H3. The van der Waals surface area contributed by atoms with Gasteiger partial charge < -0.3 is 9.64 Å². The maximum Gasteiger partial charge on any atom is 0.129 e. The summed E-state index contributed by atoms with van der Waals surface area (Å²) < 4.78 is 5.46. The van der Waals surface area contributed by atoms with E-state index in [0.29, 0.717) is 0 Å². The summed E-state index contributed by atoms with van der Waals surface area (Å²) in [6, 6.07) is 4.06. The molecule has 0 bridgehead atoms. The van der Waals surface area contributed by atoms with Crippen LogP contribution in [-0.4, -0.2) is 24.9 Å². The molecule has 0 amide bonds. The molecule has 76 valence electrons. The summed E-state index contributed by atoms with van der Waals surface area (Å²) in [6.07, 6.45) is 7.55. The van der Waals surface area contributed by atoms with Gasteiger partial charge >= 0.3 is 0 Å². The van der Waals surface area contributed by atoms with Crippen LogP contribution in [0.15, 0.2) is 24.5 Å². The summed E-state index contributed by atoms with van der Waals surface area (Å²) in [5, 5.41) is 0. The second-order valence-electron chi connectivity index (χ2n) is 3.59. The van der Waals surface area contributed by atoms with Crippen LogP contribution in [0.2, 0.25) is 0 Å². The molecule has 1 aliphatic heterocycles. The van der Waals surface area contributed by atoms with E-state index in [0.717, 1.165) is 13.0 Å². The van der Waals surface area contributed by atoms with E-state index in [1.165, 1.54) is 18.5 Å². The first-order valence-corrected chi connectivity index (χ1v) is 5.11. The first-order chi connectivity index (χ1) is 6.92. The Balaban J connectivity index is 2.15. The number of hydrogen-bond acceptors (Lipinski definition) is 3. The maximum atomic E-state index is 5.46. The van der Waals surface area contributed by atoms with E-state index >= 15 is 0 Å². The minimum Gasteiger partial charge on any atom is -0.362 e. The van der Waals surface area contributed by atoms with Crippen molar-refractivity contribution >= 4 is 5.69 Å². The average Bonchev–Trinajstić information content (AvgIpc) is 2.30. The van der Waals surface area contributed by atoms with Crippen molar-refractivity contribution in [2.24, 2.45) is 0 Å². The minimum atomic E-state index is 0.230. The lowest BCUT2D eigenvalue weighted by Crippen LogP contribution is -2.40. The number of pyridine rings is 1. The molecule has 0 aliphatic carbocycles. The van der Waals surface area contributed by atoms with Crippen LogP contribution in [0.3, 0.4) is 0 Å². The van der Waals surface area contributed by atoms with Crippen LogP contribution in [0, 0.1) is 0 Å². The van der Waals surface area contributed by atoms with Crippen LogP contribution >= 0.6 is 0 Å². The van der Waals surface area contributed by atoms with E-state index in [-0.39, 0.29) is 6.23 Å². The van der Waals surface area contributed by atoms with Crippen molar-refractivity contribution in [3.8, 4) is 0 Å². The molecule has 14 heavy (non-hydrogen) atoms. The molecule has 1 atom stereocenters. The van der Waals surface area contributed by atoms with E-state index < -0.39 is 0 Å². The van der Waals surface area contributed by atoms with E-state index in [9.17, 15) is 0 Å². The molecule has 0 aromatic carbocycles. The van der Waals surface area contributed by atoms with Gasteiger partial charge in [0, 0.05) is 19.9 Å². The predicted molar refractivity (Wildman–Crippen MR) is 56.2 cm³/mol. The number of nitrogens with zero attached hydrogens (tertiary/aromatic N) is 2. The fourth-order valence-corrected chi connectivity index (χ4v) is 1.97. The number of hydrogen-bond donors (Lipinski definition) is 0. The zero-order valence-corrected chi connectivity index (χ0v) is 8.52. The molecule has 2 rings (SSSR count). The molecule has 1 fully saturated rings. The molecule has 0 N–H and O–H groups in total. The third-order valence-electron chi connectivity index (χ3n) is 2.70. The van der Waals surface area contributed by atoms with Crippen molar-refractivity contribution in [2.75, 3.05) is 18.6 Å². The molecule has 1 aliphatic rings. The Kier molecular flexibility index (Phi) is 2.99. The summed E-state index contributed by atoms with van der Waals surface area (Å²) in [4.78, 5) is 6.42. The molecule has 1 unspecified atom stereocenters. The zero-order chi connectivity index (χ0) is 9.80. The number of ether oxygens (including phenoxy) is 1. The summed E-state index contributed by atoms with van der Waals surface area (Å²) in [5.41, 5.74) is 1.17. The van der Waals surface area contributed by atoms with Gasteiger partial charge in [-0.05, 0) is 31.4 Å². The molecule has 3 heteroatoms. The lowest BCUT2D eigenvalue weighted by molar-refractivity contribution is 0.0784. The lowest BCUT2D eigenvalue weighted by atomic mass is 10.1. The number of aromatic nitrogens is 1. The SMILES string of the molecule is COC1CCCCN1c1cccnc1. The van der Waals surface area contributed by atoms with Crippen molar-refractivity contribution in [1.29, 1.82) is 0 Å². The number of piperidine rings is 1. The Morgan fingerprint density at radius 2 is 2.43 bits per heavy atom. The van der Waals surface area contributed by atoms with Crippen molar-refractivity contribution in [3.63, 3.8) is 0 Å². The first kappa shape index (κ1) is 9.46. The van der Waals surface area contributed by atoms with Gasteiger partial charge in [0.15, 0.2) is 0 Å². The van der Waals surface area contributed by atoms with E-state index in [4.69, 9.17) is 4.74 Å². The molecule has 0 radical (unpaired) electrons. The molecular formula is C11H16N2O. The summed E-state index contributed by atoms with van der Waals surface area (Å²) in [7, 11) is 1.78. The average molecular weight is 192 g/mol. The zero-order valence-electron chi connectivity index (χ0n) is 8.52. The predicted octanol–water partition coefficient (Wildman–Crippen LogP) is 2.04. The highest BCUT2D eigenvalue weighted by atomic mass is 16.5. The summed E-state index contributed by atoms with van der Waals surface area (Å²) in [5.74, 6) is 0. The van der Waals surface area contributed by atoms with Crippen molar-refractivity contribution in [2.45, 2.75) is 25.5 Å². The van der Waals surface area contributed by atoms with Gasteiger partial charge in [0.25, 0.3) is 0 Å². The van der Waals surface area contributed by atoms with Gasteiger partial charge in [-0.25, -0.2) is 0 Å². The summed E-state index contributed by atoms with van der Waals surface area (Å²) in [6.45, 7) is 1.07. The molecule has 0 saturated carbocycles. The Morgan fingerprint density at radius 3 is 3.14 bits per heavy atom. The molecule has 0 spiro atoms. The molecule has 3 nitrogen and oxygen atoms in total. The fourth-order valence-electron chi connectivity index (χ4n) is 1.97. The van der Waals surface area contributed by atoms with Crippen LogP contribution < -0.4 is 4.90 Å². The van der Waals surface area contributed by atoms with Gasteiger partial charge in [-0.15, -0.1) is 0 Å². The van der Waals surface area contributed by atoms with Gasteiger partial charge in [0.05, 0.1) is 11.9 Å². The summed E-state index contributed by atoms with van der Waals surface area (Å²) >= 11 is 0. The van der Waals surface area contributed by atoms with Gasteiger partial charge in [0.1, 0.15) is 6.23 Å². The van der Waals surface area contributed by atoms with Crippen LogP contribution in [0.1, 0.15) is 19.3 Å². The van der Waals surface area contributed by atoms with Crippen molar-refractivity contribution in [3.05, 3.63) is 24.5 Å². The van der Waals surface area contributed by atoms with E-state index in [2.05, 4.69) is 16.0 Å². The van der Waals surface area contributed by atoms with Gasteiger partial charge in [-0.3, -0.25) is 4.98 Å². The maximum absolute atomic E-state index is 5.46. The van der Waals surface area contributed by atoms with Crippen molar-refractivity contribution in [1.82, 2.24) is 4.98 Å². The molecule has 2 heterocycles. The van der Waals surface area contributed by atoms with Gasteiger partial charge in [-0.2, -0.15) is 0 Å². The Labute approximate surface area is 84.7 Å². The van der Waals surface area contributed by atoms with Crippen LogP contribution in [0.5, 0.6) is 0 Å². The molecule has 1 aromatic rings. The topological polar surface area (TPSA) is 25.4 Å². The Hall–Kier alpha value is -1.09. The molecule has 1 saturated heterocycles. The molecular weight excluding hydrogens is 176 g/mol. The number of rotatable bonds is 2. The van der Waals surface area contributed by atoms with Gasteiger partial charge in [0.2, 0.25) is 0 Å². The smallest absolute Gasteiger partial charge is 0.129 e. The number of anilines is 1. The fraction of sp³-hybridized carbons (Fsp3) is 0.545. The Bertz CT molecular complexity index is 276. The minimum absolute atomic E-state index is 0.230. The van der Waals surface area contributed by atoms with Crippen LogP contribution in [0.25, 0.3) is 0 Å². The van der Waals surface area contributed by atoms with Crippen molar-refractivity contribution < 1.29 is 4.74 Å². The van der Waals surface area contributed by atoms with Crippen LogP contribution in [0.4, 0.5) is 5.69 Å². The monoisotopic (exact) mass is 192 g/mol. The normalized spacial score (nSPS) is 22.4. The van der Waals surface area contributed by atoms with E-state index in [1.807, 2.05) is 12.3 Å². The quantitative estimate of drug-likeness (QED) is 0.717. The van der Waals surface area contributed by atoms with E-state index in [1.54, 1.807) is 13.3 Å².